The first-order valence-electron chi connectivity index (χ1n) is 6.67. The van der Waals surface area contributed by atoms with Crippen LogP contribution in [0.1, 0.15) is 37.2 Å². The number of nitrogens with one attached hydrogen (secondary N) is 1. The van der Waals surface area contributed by atoms with Crippen molar-refractivity contribution in [2.45, 2.75) is 37.6 Å². The van der Waals surface area contributed by atoms with E-state index in [0.717, 1.165) is 19.4 Å². The molecule has 2 fully saturated rings. The maximum Gasteiger partial charge on any atom is 0.138 e. The molecule has 1 aliphatic heterocycles. The first-order chi connectivity index (χ1) is 8.36. The molecule has 2 aliphatic rings. The van der Waals surface area contributed by atoms with Crippen molar-refractivity contribution < 1.29 is 4.79 Å². The number of fused-ring (bicyclic) bond motifs is 1. The fraction of sp³-hybridized carbons (Fsp3) is 0.533. The van der Waals surface area contributed by atoms with Gasteiger partial charge in [-0.05, 0) is 18.4 Å². The van der Waals surface area contributed by atoms with Gasteiger partial charge in [-0.25, -0.2) is 0 Å². The van der Waals surface area contributed by atoms with E-state index in [4.69, 9.17) is 0 Å². The highest BCUT2D eigenvalue weighted by atomic mass is 16.1. The van der Waals surface area contributed by atoms with E-state index >= 15 is 0 Å². The zero-order chi connectivity index (χ0) is 11.7. The lowest BCUT2D eigenvalue weighted by Crippen LogP contribution is -2.30. The van der Waals surface area contributed by atoms with Crippen LogP contribution in [0.5, 0.6) is 0 Å². The van der Waals surface area contributed by atoms with Crippen LogP contribution in [0.3, 0.4) is 0 Å². The summed E-state index contributed by atoms with van der Waals surface area (Å²) in [6, 6.07) is 10.9. The highest BCUT2D eigenvalue weighted by Crippen LogP contribution is 2.37. The maximum atomic E-state index is 12.2. The van der Waals surface area contributed by atoms with Crippen molar-refractivity contribution in [2.24, 2.45) is 5.92 Å². The molecule has 1 saturated carbocycles. The summed E-state index contributed by atoms with van der Waals surface area (Å²) in [5.74, 6) is 1.10. The average molecular weight is 229 g/mol. The summed E-state index contributed by atoms with van der Waals surface area (Å²) < 4.78 is 0. The second-order valence-electron chi connectivity index (χ2n) is 5.27. The quantitative estimate of drug-likeness (QED) is 0.801. The third-order valence-corrected chi connectivity index (χ3v) is 4.25. The molecule has 0 unspecified atom stereocenters. The number of carbonyl (C=O) groups is 1. The number of ketones is 1. The number of Topliss-reactive ketones (excluding diaryl/α,β-unsaturated/α-hetero) is 1. The Balaban J connectivity index is 1.89. The molecule has 1 heterocycles. The Hall–Kier alpha value is -1.15. The van der Waals surface area contributed by atoms with Gasteiger partial charge in [-0.1, -0.05) is 36.8 Å². The van der Waals surface area contributed by atoms with Crippen molar-refractivity contribution in [3.05, 3.63) is 35.9 Å². The van der Waals surface area contributed by atoms with E-state index in [0.29, 0.717) is 17.7 Å². The van der Waals surface area contributed by atoms with Crippen LogP contribution in [0.4, 0.5) is 0 Å². The van der Waals surface area contributed by atoms with Crippen molar-refractivity contribution >= 4 is 5.78 Å². The lowest BCUT2D eigenvalue weighted by atomic mass is 9.82. The first kappa shape index (κ1) is 11.0. The molecule has 3 rings (SSSR count). The van der Waals surface area contributed by atoms with E-state index in [9.17, 15) is 4.79 Å². The van der Waals surface area contributed by atoms with Crippen LogP contribution in [-0.4, -0.2) is 18.4 Å². The normalized spacial score (nSPS) is 33.2. The van der Waals surface area contributed by atoms with E-state index in [1.54, 1.807) is 0 Å². The minimum absolute atomic E-state index is 0.222. The zero-order valence-corrected chi connectivity index (χ0v) is 10.1. The van der Waals surface area contributed by atoms with Crippen LogP contribution in [0.25, 0.3) is 0 Å². The largest absolute Gasteiger partial charge is 0.313 e. The average Bonchev–Trinajstić information content (AvgIpc) is 2.71. The van der Waals surface area contributed by atoms with Gasteiger partial charge in [0.2, 0.25) is 0 Å². The van der Waals surface area contributed by atoms with Gasteiger partial charge in [-0.2, -0.15) is 0 Å². The second kappa shape index (κ2) is 4.61. The third-order valence-electron chi connectivity index (χ3n) is 4.25. The highest BCUT2D eigenvalue weighted by molar-refractivity contribution is 5.83. The minimum Gasteiger partial charge on any atom is -0.313 e. The van der Waals surface area contributed by atoms with Crippen LogP contribution in [0, 0.1) is 5.92 Å². The van der Waals surface area contributed by atoms with Crippen molar-refractivity contribution in [2.75, 3.05) is 6.54 Å². The molecule has 1 aromatic carbocycles. The van der Waals surface area contributed by atoms with Gasteiger partial charge in [-0.3, -0.25) is 4.79 Å². The topological polar surface area (TPSA) is 29.1 Å². The molecule has 1 N–H and O–H groups in total. The smallest absolute Gasteiger partial charge is 0.138 e. The molecule has 0 radical (unpaired) electrons. The molecule has 90 valence electrons. The van der Waals surface area contributed by atoms with E-state index in [1.165, 1.54) is 18.4 Å². The summed E-state index contributed by atoms with van der Waals surface area (Å²) in [5.41, 5.74) is 1.32. The second-order valence-corrected chi connectivity index (χ2v) is 5.27. The Bertz CT molecular complexity index is 401. The SMILES string of the molecule is O=C1CCCC[C@H]2NC[C@@H](c3ccccc3)[C@H]12. The van der Waals surface area contributed by atoms with Crippen molar-refractivity contribution in [1.29, 1.82) is 0 Å². The number of carbonyl (C=O) groups excluding carboxylic acids is 1. The lowest BCUT2D eigenvalue weighted by molar-refractivity contribution is -0.123. The maximum absolute atomic E-state index is 12.2. The summed E-state index contributed by atoms with van der Waals surface area (Å²) in [6.45, 7) is 0.963. The third kappa shape index (κ3) is 2.02. The van der Waals surface area contributed by atoms with Gasteiger partial charge < -0.3 is 5.32 Å². The molecule has 1 saturated heterocycles. The number of hydrogen-bond donors (Lipinski definition) is 1. The zero-order valence-electron chi connectivity index (χ0n) is 10.1. The van der Waals surface area contributed by atoms with E-state index in [1.807, 2.05) is 6.07 Å². The van der Waals surface area contributed by atoms with Crippen LogP contribution in [0.2, 0.25) is 0 Å². The molecule has 0 amide bonds. The van der Waals surface area contributed by atoms with Gasteiger partial charge in [0.15, 0.2) is 0 Å². The Morgan fingerprint density at radius 3 is 2.76 bits per heavy atom. The van der Waals surface area contributed by atoms with Gasteiger partial charge >= 0.3 is 0 Å². The molecule has 3 atom stereocenters. The van der Waals surface area contributed by atoms with E-state index in [2.05, 4.69) is 29.6 Å². The molecule has 2 nitrogen and oxygen atoms in total. The van der Waals surface area contributed by atoms with Crippen LogP contribution in [0.15, 0.2) is 30.3 Å². The monoisotopic (exact) mass is 229 g/mol. The predicted molar refractivity (Wildman–Crippen MR) is 67.9 cm³/mol. The van der Waals surface area contributed by atoms with Crippen molar-refractivity contribution in [1.82, 2.24) is 5.32 Å². The van der Waals surface area contributed by atoms with Gasteiger partial charge in [0.25, 0.3) is 0 Å². The predicted octanol–water partition coefficient (Wildman–Crippen LogP) is 2.50. The Morgan fingerprint density at radius 2 is 1.94 bits per heavy atom. The molecule has 0 aromatic heterocycles. The number of rotatable bonds is 1. The Labute approximate surface area is 102 Å². The Kier molecular flexibility index (Phi) is 2.98. The highest BCUT2D eigenvalue weighted by Gasteiger charge is 2.41. The summed E-state index contributed by atoms with van der Waals surface area (Å²) in [6.07, 6.45) is 4.22. The number of benzene rings is 1. The standard InChI is InChI=1S/C15H19NO/c17-14-9-5-4-8-13-15(14)12(10-16-13)11-6-2-1-3-7-11/h1-3,6-7,12-13,15-16H,4-5,8-10H2/t12-,13+,15-/m0/s1. The molecule has 0 bridgehead atoms. The van der Waals surface area contributed by atoms with Crippen LogP contribution in [-0.2, 0) is 4.79 Å². The minimum atomic E-state index is 0.222. The molecule has 1 aliphatic carbocycles. The molecule has 0 spiro atoms. The van der Waals surface area contributed by atoms with Gasteiger partial charge in [0.1, 0.15) is 5.78 Å². The fourth-order valence-corrected chi connectivity index (χ4v) is 3.40. The van der Waals surface area contributed by atoms with Crippen molar-refractivity contribution in [3.8, 4) is 0 Å². The number of hydrogen-bond acceptors (Lipinski definition) is 2. The lowest BCUT2D eigenvalue weighted by Gasteiger charge is -2.20. The van der Waals surface area contributed by atoms with Gasteiger partial charge in [-0.15, -0.1) is 0 Å². The van der Waals surface area contributed by atoms with Crippen LogP contribution >= 0.6 is 0 Å². The Morgan fingerprint density at radius 1 is 1.12 bits per heavy atom. The summed E-state index contributed by atoms with van der Waals surface area (Å²) in [5, 5.41) is 3.56. The van der Waals surface area contributed by atoms with Gasteiger partial charge in [0, 0.05) is 30.8 Å². The molecule has 17 heavy (non-hydrogen) atoms. The van der Waals surface area contributed by atoms with E-state index in [-0.39, 0.29) is 5.92 Å². The summed E-state index contributed by atoms with van der Waals surface area (Å²) >= 11 is 0. The molecule has 1 aromatic rings. The molecular formula is C15H19NO. The van der Waals surface area contributed by atoms with Crippen LogP contribution < -0.4 is 5.32 Å². The van der Waals surface area contributed by atoms with E-state index < -0.39 is 0 Å². The summed E-state index contributed by atoms with van der Waals surface area (Å²) in [7, 11) is 0. The summed E-state index contributed by atoms with van der Waals surface area (Å²) in [4.78, 5) is 12.2. The van der Waals surface area contributed by atoms with Crippen molar-refractivity contribution in [3.63, 3.8) is 0 Å². The molecular weight excluding hydrogens is 210 g/mol. The van der Waals surface area contributed by atoms with Gasteiger partial charge in [0.05, 0.1) is 0 Å². The molecule has 2 heteroatoms. The first-order valence-corrected chi connectivity index (χ1v) is 6.67. The fourth-order valence-electron chi connectivity index (χ4n) is 3.40.